The molecule has 0 aromatic heterocycles. The average molecular weight is 432 g/mol. The largest absolute Gasteiger partial charge is 0.508 e. The molecule has 1 fully saturated rings. The molecule has 1 saturated carbocycles. The number of aromatic hydroxyl groups is 1. The van der Waals surface area contributed by atoms with E-state index in [1.54, 1.807) is 30.3 Å². The Labute approximate surface area is 181 Å². The summed E-state index contributed by atoms with van der Waals surface area (Å²) >= 11 is 0. The van der Waals surface area contributed by atoms with Crippen molar-refractivity contribution in [1.29, 1.82) is 0 Å². The number of nitrogens with one attached hydrogen (secondary N) is 3. The second-order valence-electron chi connectivity index (χ2n) is 6.96. The molecule has 1 aromatic rings. The number of hydrogen-bond acceptors (Lipinski definition) is 4. The molecule has 1 aromatic carbocycles. The summed E-state index contributed by atoms with van der Waals surface area (Å²) in [6.07, 6.45) is 12.1. The molecule has 0 atom stereocenters. The minimum Gasteiger partial charge on any atom is -0.508 e. The van der Waals surface area contributed by atoms with E-state index in [4.69, 9.17) is 0 Å². The first-order valence-corrected chi connectivity index (χ1v) is 9.93. The number of rotatable bonds is 11. The van der Waals surface area contributed by atoms with Gasteiger partial charge >= 0.3 is 0 Å². The lowest BCUT2D eigenvalue weighted by Gasteiger charge is -2.22. The summed E-state index contributed by atoms with van der Waals surface area (Å²) in [5.74, 6) is 0.146. The first kappa shape index (κ1) is 26.7. The van der Waals surface area contributed by atoms with E-state index in [-0.39, 0.29) is 36.5 Å². The van der Waals surface area contributed by atoms with Crippen LogP contribution >= 0.6 is 24.8 Å². The molecule has 1 aliphatic carbocycles. The molecule has 0 radical (unpaired) electrons. The Morgan fingerprint density at radius 1 is 0.964 bits per heavy atom. The van der Waals surface area contributed by atoms with Crippen LogP contribution in [0.15, 0.2) is 30.3 Å². The highest BCUT2D eigenvalue weighted by molar-refractivity contribution is 5.91. The summed E-state index contributed by atoms with van der Waals surface area (Å²) in [7, 11) is 0. The van der Waals surface area contributed by atoms with Gasteiger partial charge in [-0.05, 0) is 56.0 Å². The third kappa shape index (κ3) is 12.2. The summed E-state index contributed by atoms with van der Waals surface area (Å²) in [6.45, 7) is 3.74. The van der Waals surface area contributed by atoms with Gasteiger partial charge < -0.3 is 21.1 Å². The van der Waals surface area contributed by atoms with Crippen LogP contribution in [0, 0.1) is 0 Å². The summed E-state index contributed by atoms with van der Waals surface area (Å²) in [6, 6.07) is 7.49. The summed E-state index contributed by atoms with van der Waals surface area (Å²) in [4.78, 5) is 11.7. The van der Waals surface area contributed by atoms with Crippen molar-refractivity contribution in [3.63, 3.8) is 0 Å². The van der Waals surface area contributed by atoms with Gasteiger partial charge in [0.05, 0.1) is 0 Å². The van der Waals surface area contributed by atoms with Crippen LogP contribution in [0.2, 0.25) is 0 Å². The highest BCUT2D eigenvalue weighted by Gasteiger charge is 2.11. The standard InChI is InChI=1S/C21H33N3O2.2ClH/c25-20-11-8-18(9-12-20)10-13-21(26)24-15-5-4-14-22-16-17-23-19-6-2-1-3-7-19;;/h8-13,19,22-23,25H,1-7,14-17H2,(H,24,26);2*1H/b13-10+;;. The molecule has 0 heterocycles. The SMILES string of the molecule is Cl.Cl.O=C(/C=C/c1ccc(O)cc1)NCCCCNCCNC1CCCCC1. The van der Waals surface area contributed by atoms with Crippen molar-refractivity contribution >= 4 is 36.8 Å². The third-order valence-electron chi connectivity index (χ3n) is 4.74. The molecule has 7 heteroatoms. The zero-order chi connectivity index (χ0) is 18.5. The van der Waals surface area contributed by atoms with E-state index in [1.807, 2.05) is 0 Å². The summed E-state index contributed by atoms with van der Waals surface area (Å²) in [5, 5.41) is 19.2. The Bertz CT molecular complexity index is 547. The van der Waals surface area contributed by atoms with Crippen LogP contribution in [-0.4, -0.2) is 43.2 Å². The fourth-order valence-corrected chi connectivity index (χ4v) is 3.20. The number of amides is 1. The second kappa shape index (κ2) is 16.7. The lowest BCUT2D eigenvalue weighted by molar-refractivity contribution is -0.116. The molecule has 0 unspecified atom stereocenters. The van der Waals surface area contributed by atoms with Crippen molar-refractivity contribution in [1.82, 2.24) is 16.0 Å². The molecule has 5 nitrogen and oxygen atoms in total. The van der Waals surface area contributed by atoms with E-state index in [0.29, 0.717) is 6.54 Å². The molecule has 160 valence electrons. The fourth-order valence-electron chi connectivity index (χ4n) is 3.20. The topological polar surface area (TPSA) is 73.4 Å². The van der Waals surface area contributed by atoms with Gasteiger partial charge in [-0.1, -0.05) is 31.4 Å². The van der Waals surface area contributed by atoms with Gasteiger partial charge in [0.15, 0.2) is 0 Å². The predicted octanol–water partition coefficient (Wildman–Crippen LogP) is 3.66. The van der Waals surface area contributed by atoms with Gasteiger partial charge in [0.1, 0.15) is 5.75 Å². The van der Waals surface area contributed by atoms with Crippen LogP contribution in [-0.2, 0) is 4.79 Å². The van der Waals surface area contributed by atoms with E-state index in [9.17, 15) is 9.90 Å². The van der Waals surface area contributed by atoms with Crippen molar-refractivity contribution in [2.45, 2.75) is 51.0 Å². The Morgan fingerprint density at radius 3 is 2.36 bits per heavy atom. The van der Waals surface area contributed by atoms with Gasteiger partial charge in [-0.15, -0.1) is 24.8 Å². The number of benzene rings is 1. The normalized spacial score (nSPS) is 14.3. The van der Waals surface area contributed by atoms with E-state index >= 15 is 0 Å². The molecular weight excluding hydrogens is 397 g/mol. The molecule has 1 aliphatic rings. The van der Waals surface area contributed by atoms with Gasteiger partial charge in [0.2, 0.25) is 5.91 Å². The maximum atomic E-state index is 11.7. The quantitative estimate of drug-likeness (QED) is 0.318. The van der Waals surface area contributed by atoms with E-state index in [0.717, 1.165) is 44.1 Å². The van der Waals surface area contributed by atoms with Crippen LogP contribution in [0.1, 0.15) is 50.5 Å². The zero-order valence-electron chi connectivity index (χ0n) is 16.5. The van der Waals surface area contributed by atoms with Gasteiger partial charge in [0.25, 0.3) is 0 Å². The predicted molar refractivity (Wildman–Crippen MR) is 122 cm³/mol. The van der Waals surface area contributed by atoms with Gasteiger partial charge in [-0.2, -0.15) is 0 Å². The lowest BCUT2D eigenvalue weighted by atomic mass is 9.95. The molecule has 0 saturated heterocycles. The van der Waals surface area contributed by atoms with E-state index in [2.05, 4.69) is 16.0 Å². The molecule has 28 heavy (non-hydrogen) atoms. The second-order valence-corrected chi connectivity index (χ2v) is 6.96. The third-order valence-corrected chi connectivity index (χ3v) is 4.74. The van der Waals surface area contributed by atoms with Crippen molar-refractivity contribution in [2.75, 3.05) is 26.2 Å². The van der Waals surface area contributed by atoms with Gasteiger partial charge in [-0.25, -0.2) is 0 Å². The molecule has 2 rings (SSSR count). The monoisotopic (exact) mass is 431 g/mol. The van der Waals surface area contributed by atoms with E-state index in [1.165, 1.54) is 38.2 Å². The Hall–Kier alpha value is -1.27. The Morgan fingerprint density at radius 2 is 1.64 bits per heavy atom. The number of hydrogen-bond donors (Lipinski definition) is 4. The first-order valence-electron chi connectivity index (χ1n) is 9.93. The maximum Gasteiger partial charge on any atom is 0.243 e. The number of phenolic OH excluding ortho intramolecular Hbond substituents is 1. The lowest BCUT2D eigenvalue weighted by Crippen LogP contribution is -2.36. The van der Waals surface area contributed by atoms with Crippen molar-refractivity contribution in [3.05, 3.63) is 35.9 Å². The smallest absolute Gasteiger partial charge is 0.243 e. The zero-order valence-corrected chi connectivity index (χ0v) is 18.1. The van der Waals surface area contributed by atoms with Crippen LogP contribution in [0.25, 0.3) is 6.08 Å². The van der Waals surface area contributed by atoms with E-state index < -0.39 is 0 Å². The van der Waals surface area contributed by atoms with Crippen molar-refractivity contribution < 1.29 is 9.90 Å². The van der Waals surface area contributed by atoms with Crippen molar-refractivity contribution in [2.24, 2.45) is 0 Å². The first-order chi connectivity index (χ1) is 12.7. The fraction of sp³-hybridized carbons (Fsp3) is 0.571. The maximum absolute atomic E-state index is 11.7. The van der Waals surface area contributed by atoms with Crippen LogP contribution in [0.4, 0.5) is 0 Å². The van der Waals surface area contributed by atoms with Gasteiger partial charge in [-0.3, -0.25) is 4.79 Å². The average Bonchev–Trinajstić information content (AvgIpc) is 2.67. The molecule has 0 spiro atoms. The van der Waals surface area contributed by atoms with Crippen LogP contribution in [0.3, 0.4) is 0 Å². The minimum atomic E-state index is -0.0808. The summed E-state index contributed by atoms with van der Waals surface area (Å²) < 4.78 is 0. The molecule has 4 N–H and O–H groups in total. The van der Waals surface area contributed by atoms with Crippen LogP contribution in [0.5, 0.6) is 5.75 Å². The number of carbonyl (C=O) groups excluding carboxylic acids is 1. The summed E-state index contributed by atoms with van der Waals surface area (Å²) in [5.41, 5.74) is 0.893. The number of unbranched alkanes of at least 4 members (excludes halogenated alkanes) is 1. The van der Waals surface area contributed by atoms with Crippen molar-refractivity contribution in [3.8, 4) is 5.75 Å². The molecule has 1 amide bonds. The number of halogens is 2. The number of carbonyl (C=O) groups is 1. The van der Waals surface area contributed by atoms with Crippen LogP contribution < -0.4 is 16.0 Å². The highest BCUT2D eigenvalue weighted by atomic mass is 35.5. The molecule has 0 bridgehead atoms. The highest BCUT2D eigenvalue weighted by Crippen LogP contribution is 2.16. The Kier molecular flexibility index (Phi) is 15.9. The number of phenols is 1. The Balaban J connectivity index is 0.00000364. The molecular formula is C21H35Cl2N3O2. The minimum absolute atomic E-state index is 0. The molecule has 0 aliphatic heterocycles. The van der Waals surface area contributed by atoms with Gasteiger partial charge in [0, 0.05) is 31.8 Å².